The summed E-state index contributed by atoms with van der Waals surface area (Å²) in [4.78, 5) is 12.7. The zero-order chi connectivity index (χ0) is 20.8. The van der Waals surface area contributed by atoms with Crippen LogP contribution < -0.4 is 11.5 Å². The molecule has 0 radical (unpaired) electrons. The van der Waals surface area contributed by atoms with Gasteiger partial charge in [-0.3, -0.25) is 4.98 Å². The average molecular weight is 404 g/mol. The van der Waals surface area contributed by atoms with Crippen LogP contribution in [-0.2, 0) is 6.42 Å². The maximum Gasteiger partial charge on any atom is 0.154 e. The Kier molecular flexibility index (Phi) is 4.62. The van der Waals surface area contributed by atoms with Gasteiger partial charge < -0.3 is 16.0 Å². The summed E-state index contributed by atoms with van der Waals surface area (Å²) in [5.74, 6) is 0.354. The SMILES string of the molecule is C[C@H]1C(n2cc(F)c3c(N)ncnc32)CC(CCc2ccc3cccnc3c2)[C@H]1N. The Balaban J connectivity index is 1.36. The van der Waals surface area contributed by atoms with E-state index in [1.165, 1.54) is 18.1 Å². The van der Waals surface area contributed by atoms with Gasteiger partial charge in [0, 0.05) is 29.9 Å². The van der Waals surface area contributed by atoms with Crippen molar-refractivity contribution in [3.63, 3.8) is 0 Å². The molecule has 4 aromatic rings. The second-order valence-corrected chi connectivity index (χ2v) is 8.41. The number of hydrogen-bond acceptors (Lipinski definition) is 5. The summed E-state index contributed by atoms with van der Waals surface area (Å²) in [5.41, 5.74) is 15.3. The summed E-state index contributed by atoms with van der Waals surface area (Å²) in [6, 6.07) is 10.6. The summed E-state index contributed by atoms with van der Waals surface area (Å²) in [5, 5.41) is 1.45. The lowest BCUT2D eigenvalue weighted by Crippen LogP contribution is -2.31. The van der Waals surface area contributed by atoms with Crippen LogP contribution in [0.3, 0.4) is 0 Å². The van der Waals surface area contributed by atoms with Crippen molar-refractivity contribution in [3.8, 4) is 0 Å². The zero-order valence-electron chi connectivity index (χ0n) is 16.9. The van der Waals surface area contributed by atoms with Gasteiger partial charge in [-0.2, -0.15) is 0 Å². The molecule has 1 fully saturated rings. The van der Waals surface area contributed by atoms with Gasteiger partial charge in [0.1, 0.15) is 17.8 Å². The van der Waals surface area contributed by atoms with Crippen molar-refractivity contribution < 1.29 is 4.39 Å². The largest absolute Gasteiger partial charge is 0.383 e. The molecule has 7 heteroatoms. The van der Waals surface area contributed by atoms with Crippen LogP contribution in [-0.4, -0.2) is 25.6 Å². The van der Waals surface area contributed by atoms with Crippen LogP contribution in [0.4, 0.5) is 10.2 Å². The Morgan fingerprint density at radius 1 is 1.20 bits per heavy atom. The van der Waals surface area contributed by atoms with Gasteiger partial charge in [-0.15, -0.1) is 0 Å². The minimum atomic E-state index is -0.379. The number of hydrogen-bond donors (Lipinski definition) is 2. The molecule has 5 rings (SSSR count). The summed E-state index contributed by atoms with van der Waals surface area (Å²) in [6.07, 6.45) is 7.53. The van der Waals surface area contributed by atoms with Crippen LogP contribution in [0.2, 0.25) is 0 Å². The minimum Gasteiger partial charge on any atom is -0.383 e. The third kappa shape index (κ3) is 3.10. The molecule has 154 valence electrons. The maximum absolute atomic E-state index is 14.5. The summed E-state index contributed by atoms with van der Waals surface area (Å²) in [6.45, 7) is 2.14. The van der Waals surface area contributed by atoms with Crippen molar-refractivity contribution >= 4 is 27.8 Å². The average Bonchev–Trinajstić information content (AvgIpc) is 3.24. The van der Waals surface area contributed by atoms with Crippen molar-refractivity contribution in [1.29, 1.82) is 0 Å². The first-order valence-electron chi connectivity index (χ1n) is 10.4. The number of nitrogen functional groups attached to an aromatic ring is 1. The highest BCUT2D eigenvalue weighted by molar-refractivity contribution is 5.86. The Hall–Kier alpha value is -3.06. The first-order chi connectivity index (χ1) is 14.5. The Bertz CT molecular complexity index is 1220. The lowest BCUT2D eigenvalue weighted by atomic mass is 9.93. The molecule has 0 bridgehead atoms. The van der Waals surface area contributed by atoms with Gasteiger partial charge in [-0.05, 0) is 48.8 Å². The second kappa shape index (κ2) is 7.32. The fraction of sp³-hybridized carbons (Fsp3) is 0.348. The topological polar surface area (TPSA) is 95.6 Å². The van der Waals surface area contributed by atoms with E-state index in [2.05, 4.69) is 46.1 Å². The standard InChI is InChI=1S/C23H25FN6/c1-13-19(30-11-17(24)20-22(26)28-12-29-23(20)30)10-16(21(13)25)7-5-14-4-6-15-3-2-8-27-18(15)9-14/h2-4,6,8-9,11-13,16,19,21H,5,7,10,25H2,1H3,(H2,26,28,29)/t13-,16?,19?,21-/m0/s1. The number of aromatic nitrogens is 4. The number of fused-ring (bicyclic) bond motifs is 2. The Morgan fingerprint density at radius 3 is 2.93 bits per heavy atom. The molecule has 0 amide bonds. The minimum absolute atomic E-state index is 0.0493. The zero-order valence-corrected chi connectivity index (χ0v) is 16.9. The van der Waals surface area contributed by atoms with Gasteiger partial charge in [-0.25, -0.2) is 14.4 Å². The smallest absolute Gasteiger partial charge is 0.154 e. The van der Waals surface area contributed by atoms with E-state index in [9.17, 15) is 4.39 Å². The lowest BCUT2D eigenvalue weighted by molar-refractivity contribution is 0.380. The molecule has 0 aliphatic heterocycles. The number of halogens is 1. The highest BCUT2D eigenvalue weighted by Gasteiger charge is 2.40. The van der Waals surface area contributed by atoms with Crippen LogP contribution in [0, 0.1) is 17.7 Å². The second-order valence-electron chi connectivity index (χ2n) is 8.41. The lowest BCUT2D eigenvalue weighted by Gasteiger charge is -2.20. The number of benzene rings is 1. The maximum atomic E-state index is 14.5. The third-order valence-electron chi connectivity index (χ3n) is 6.73. The molecule has 1 aliphatic rings. The summed E-state index contributed by atoms with van der Waals surface area (Å²) in [7, 11) is 0. The van der Waals surface area contributed by atoms with E-state index in [1.807, 2.05) is 16.8 Å². The van der Waals surface area contributed by atoms with Gasteiger partial charge >= 0.3 is 0 Å². The molecule has 30 heavy (non-hydrogen) atoms. The van der Waals surface area contributed by atoms with Crippen molar-refractivity contribution in [2.75, 3.05) is 5.73 Å². The predicted octanol–water partition coefficient (Wildman–Crippen LogP) is 3.86. The summed E-state index contributed by atoms with van der Waals surface area (Å²) >= 11 is 0. The van der Waals surface area contributed by atoms with Crippen molar-refractivity contribution in [1.82, 2.24) is 19.5 Å². The molecule has 1 aliphatic carbocycles. The first kappa shape index (κ1) is 18.9. The molecule has 2 unspecified atom stereocenters. The molecule has 1 saturated carbocycles. The molecular weight excluding hydrogens is 379 g/mol. The van der Waals surface area contributed by atoms with E-state index >= 15 is 0 Å². The number of aryl methyl sites for hydroxylation is 1. The van der Waals surface area contributed by atoms with E-state index in [0.717, 1.165) is 30.2 Å². The van der Waals surface area contributed by atoms with E-state index in [0.29, 0.717) is 17.0 Å². The molecule has 4 N–H and O–H groups in total. The fourth-order valence-corrected chi connectivity index (χ4v) is 4.98. The van der Waals surface area contributed by atoms with Crippen molar-refractivity contribution in [2.24, 2.45) is 17.6 Å². The Labute approximate surface area is 174 Å². The molecule has 3 aromatic heterocycles. The first-order valence-corrected chi connectivity index (χ1v) is 10.4. The molecule has 0 saturated heterocycles. The molecule has 3 heterocycles. The number of nitrogens with zero attached hydrogens (tertiary/aromatic N) is 4. The number of rotatable bonds is 4. The quantitative estimate of drug-likeness (QED) is 0.538. The predicted molar refractivity (Wildman–Crippen MR) is 116 cm³/mol. The van der Waals surface area contributed by atoms with Crippen LogP contribution in [0.1, 0.15) is 31.4 Å². The van der Waals surface area contributed by atoms with Crippen LogP contribution >= 0.6 is 0 Å². The monoisotopic (exact) mass is 404 g/mol. The van der Waals surface area contributed by atoms with Crippen LogP contribution in [0.5, 0.6) is 0 Å². The highest BCUT2D eigenvalue weighted by atomic mass is 19.1. The van der Waals surface area contributed by atoms with Gasteiger partial charge in [0.2, 0.25) is 0 Å². The van der Waals surface area contributed by atoms with E-state index < -0.39 is 0 Å². The van der Waals surface area contributed by atoms with E-state index in [1.54, 1.807) is 0 Å². The summed E-state index contributed by atoms with van der Waals surface area (Å²) < 4.78 is 16.4. The fourth-order valence-electron chi connectivity index (χ4n) is 4.98. The molecule has 0 spiro atoms. The van der Waals surface area contributed by atoms with Gasteiger partial charge in [0.15, 0.2) is 5.82 Å². The number of anilines is 1. The van der Waals surface area contributed by atoms with Gasteiger partial charge in [0.25, 0.3) is 0 Å². The number of pyridine rings is 1. The van der Waals surface area contributed by atoms with Gasteiger partial charge in [-0.1, -0.05) is 25.1 Å². The molecule has 6 nitrogen and oxygen atoms in total. The van der Waals surface area contributed by atoms with E-state index in [-0.39, 0.29) is 29.6 Å². The third-order valence-corrected chi connectivity index (χ3v) is 6.73. The van der Waals surface area contributed by atoms with Crippen molar-refractivity contribution in [2.45, 2.75) is 38.3 Å². The molecular formula is C23H25FN6. The van der Waals surface area contributed by atoms with Crippen molar-refractivity contribution in [3.05, 3.63) is 60.4 Å². The van der Waals surface area contributed by atoms with Gasteiger partial charge in [0.05, 0.1) is 10.9 Å². The highest BCUT2D eigenvalue weighted by Crippen LogP contribution is 2.43. The number of nitrogens with two attached hydrogens (primary N) is 2. The van der Waals surface area contributed by atoms with Crippen LogP contribution in [0.15, 0.2) is 49.1 Å². The normalized spacial score (nSPS) is 24.1. The Morgan fingerprint density at radius 2 is 2.07 bits per heavy atom. The molecule has 4 atom stereocenters. The van der Waals surface area contributed by atoms with Crippen LogP contribution in [0.25, 0.3) is 21.9 Å². The molecule has 1 aromatic carbocycles. The van der Waals surface area contributed by atoms with E-state index in [4.69, 9.17) is 11.5 Å².